The van der Waals surface area contributed by atoms with Gasteiger partial charge in [-0.2, -0.15) is 0 Å². The van der Waals surface area contributed by atoms with E-state index in [9.17, 15) is 19.8 Å². The number of ether oxygens (including phenoxy) is 2. The number of aliphatic hydroxyl groups is 2. The summed E-state index contributed by atoms with van der Waals surface area (Å²) in [6, 6.07) is 9.26. The number of nitrogens with one attached hydrogen (secondary N) is 1. The van der Waals surface area contributed by atoms with E-state index in [1.165, 1.54) is 35.1 Å². The quantitative estimate of drug-likeness (QED) is 0.175. The molecule has 2 saturated heterocycles. The van der Waals surface area contributed by atoms with Crippen molar-refractivity contribution in [1.29, 1.82) is 0 Å². The Balaban J connectivity index is 1.07. The van der Waals surface area contributed by atoms with Crippen molar-refractivity contribution in [2.24, 2.45) is 51.2 Å². The Morgan fingerprint density at radius 1 is 0.968 bits per heavy atom. The van der Waals surface area contributed by atoms with Crippen molar-refractivity contribution >= 4 is 22.6 Å². The third kappa shape index (κ3) is 6.40. The lowest BCUT2D eigenvalue weighted by Gasteiger charge is -2.70. The number of aromatic amines is 1. The number of allylic oxidation sites excluding steroid dienone is 1. The molecule has 2 aromatic heterocycles. The van der Waals surface area contributed by atoms with Gasteiger partial charge >= 0.3 is 0 Å². The molecule has 3 N–H and O–H groups in total. The molecule has 8 heteroatoms. The Morgan fingerprint density at radius 3 is 2.40 bits per heavy atom. The minimum absolute atomic E-state index is 0.0808. The van der Waals surface area contributed by atoms with Crippen LogP contribution >= 0.6 is 0 Å². The summed E-state index contributed by atoms with van der Waals surface area (Å²) in [6.45, 7) is 20.1. The van der Waals surface area contributed by atoms with Crippen LogP contribution in [0.25, 0.3) is 11.0 Å². The molecular formula is C54H74N2O6. The SMILES string of the molecule is Cc1cc(Cc2cn(CC3C4=C(C(C)CC(O)C5OC5(C)C)C(=O)CC4(C)C4(C)CCC5C(C)(CCC(=O)C5(C)C5CCCC5)C4C3O)c3cc[nH]c23)cc(C2CCOCC2)c1. The lowest BCUT2D eigenvalue weighted by atomic mass is 9.34. The van der Waals surface area contributed by atoms with E-state index in [2.05, 4.69) is 81.6 Å². The van der Waals surface area contributed by atoms with Crippen LogP contribution in [0.2, 0.25) is 0 Å². The number of epoxide rings is 1. The summed E-state index contributed by atoms with van der Waals surface area (Å²) in [6.07, 6.45) is 14.4. The smallest absolute Gasteiger partial charge is 0.160 e. The number of nitrogens with zero attached hydrogens (tertiary/aromatic N) is 1. The molecule has 0 radical (unpaired) electrons. The summed E-state index contributed by atoms with van der Waals surface area (Å²) in [5, 5.41) is 25.1. The van der Waals surface area contributed by atoms with Crippen molar-refractivity contribution in [3.8, 4) is 0 Å². The molecule has 2 aliphatic heterocycles. The second kappa shape index (κ2) is 15.0. The average molecular weight is 847 g/mol. The zero-order valence-corrected chi connectivity index (χ0v) is 38.9. The predicted molar refractivity (Wildman–Crippen MR) is 243 cm³/mol. The summed E-state index contributed by atoms with van der Waals surface area (Å²) in [5.74, 6) is 1.17. The van der Waals surface area contributed by atoms with Crippen LogP contribution in [0, 0.1) is 58.2 Å². The third-order valence-electron chi connectivity index (χ3n) is 19.5. The number of carbonyl (C=O) groups excluding carboxylic acids is 2. The molecule has 10 rings (SSSR count). The van der Waals surface area contributed by atoms with Crippen LogP contribution < -0.4 is 0 Å². The molecule has 0 bridgehead atoms. The Kier molecular flexibility index (Phi) is 10.4. The Hall–Kier alpha value is -3.04. The first-order chi connectivity index (χ1) is 29.4. The van der Waals surface area contributed by atoms with Gasteiger partial charge in [-0.1, -0.05) is 71.2 Å². The number of Topliss-reactive ketones (excluding diaryl/α,β-unsaturated/α-hetero) is 2. The third-order valence-corrected chi connectivity index (χ3v) is 19.5. The number of hydrogen-bond donors (Lipinski definition) is 3. The predicted octanol–water partition coefficient (Wildman–Crippen LogP) is 10.2. The number of hydrogen-bond acceptors (Lipinski definition) is 6. The molecule has 4 saturated carbocycles. The van der Waals surface area contributed by atoms with Gasteiger partial charge in [0.2, 0.25) is 0 Å². The van der Waals surface area contributed by atoms with Gasteiger partial charge < -0.3 is 29.2 Å². The van der Waals surface area contributed by atoms with Crippen molar-refractivity contribution in [3.05, 3.63) is 70.1 Å². The second-order valence-electron chi connectivity index (χ2n) is 23.2. The summed E-state index contributed by atoms with van der Waals surface area (Å²) in [5.41, 5.74) is 7.62. The maximum atomic E-state index is 14.9. The highest BCUT2D eigenvalue weighted by molar-refractivity contribution is 6.01. The van der Waals surface area contributed by atoms with Gasteiger partial charge in [0.25, 0.3) is 0 Å². The van der Waals surface area contributed by atoms with E-state index >= 15 is 0 Å². The molecule has 6 fully saturated rings. The standard InChI is InChI=1S/C54H74N2O6/c1-31-23-33(26-35(24-31)34-16-21-61-22-17-34)27-36-29-56(39-15-20-55-46(36)39)30-38-45-44(32(2)25-40(57)49-50(3,4)62-49)41(58)28-53(45,7)52(6)19-13-42-51(5,48(52)47(38)60)18-14-43(59)54(42,8)37-11-9-10-12-37/h15,20,23-24,26,29,32,34,37-38,40,42,47-49,55,57,60H,9-14,16-19,21-22,25,27-28,30H2,1-8H3. The van der Waals surface area contributed by atoms with Gasteiger partial charge in [0.15, 0.2) is 5.78 Å². The van der Waals surface area contributed by atoms with Crippen LogP contribution in [0.15, 0.2) is 47.8 Å². The number of benzene rings is 1. The van der Waals surface area contributed by atoms with Crippen molar-refractivity contribution in [2.45, 2.75) is 175 Å². The minimum atomic E-state index is -0.709. The summed E-state index contributed by atoms with van der Waals surface area (Å²) in [7, 11) is 0. The highest BCUT2D eigenvalue weighted by atomic mass is 16.6. The molecule has 7 aliphatic rings. The van der Waals surface area contributed by atoms with Gasteiger partial charge in [0.05, 0.1) is 28.8 Å². The fourth-order valence-corrected chi connectivity index (χ4v) is 16.3. The van der Waals surface area contributed by atoms with Crippen LogP contribution in [0.4, 0.5) is 0 Å². The Bertz CT molecular complexity index is 2290. The molecule has 0 amide bonds. The van der Waals surface area contributed by atoms with E-state index < -0.39 is 17.6 Å². The van der Waals surface area contributed by atoms with Crippen LogP contribution in [0.3, 0.4) is 0 Å². The van der Waals surface area contributed by atoms with E-state index in [0.29, 0.717) is 43.4 Å². The van der Waals surface area contributed by atoms with Crippen molar-refractivity contribution < 1.29 is 29.3 Å². The van der Waals surface area contributed by atoms with Gasteiger partial charge in [-0.3, -0.25) is 9.59 Å². The molecular weight excluding hydrogens is 773 g/mol. The maximum absolute atomic E-state index is 14.9. The normalized spacial score (nSPS) is 38.3. The fourth-order valence-electron chi connectivity index (χ4n) is 16.3. The zero-order valence-electron chi connectivity index (χ0n) is 38.9. The molecule has 4 heterocycles. The highest BCUT2D eigenvalue weighted by Crippen LogP contribution is 2.76. The lowest BCUT2D eigenvalue weighted by Crippen LogP contribution is -2.68. The van der Waals surface area contributed by atoms with Crippen LogP contribution in [-0.4, -0.2) is 68.5 Å². The number of aryl methyl sites for hydroxylation is 1. The number of ketones is 2. The number of aliphatic hydroxyl groups excluding tert-OH is 2. The first kappa shape index (κ1) is 42.9. The molecule has 11 unspecified atom stereocenters. The van der Waals surface area contributed by atoms with Crippen molar-refractivity contribution in [1.82, 2.24) is 9.55 Å². The first-order valence-corrected chi connectivity index (χ1v) is 24.6. The molecule has 62 heavy (non-hydrogen) atoms. The number of fused-ring (bicyclic) bond motifs is 6. The van der Waals surface area contributed by atoms with Crippen LogP contribution in [0.1, 0.15) is 154 Å². The van der Waals surface area contributed by atoms with Gasteiger partial charge in [0, 0.05) is 68.2 Å². The first-order valence-electron chi connectivity index (χ1n) is 24.6. The van der Waals surface area contributed by atoms with Crippen LogP contribution in [0.5, 0.6) is 0 Å². The van der Waals surface area contributed by atoms with Crippen LogP contribution in [-0.2, 0) is 32.0 Å². The van der Waals surface area contributed by atoms with E-state index in [-0.39, 0.29) is 57.4 Å². The number of rotatable bonds is 10. The topological polar surface area (TPSA) is 117 Å². The Labute approximate surface area is 370 Å². The average Bonchev–Trinajstić information content (AvgIpc) is 3.80. The van der Waals surface area contributed by atoms with Gasteiger partial charge in [0.1, 0.15) is 11.9 Å². The molecule has 5 aliphatic carbocycles. The zero-order chi connectivity index (χ0) is 43.7. The second-order valence-corrected chi connectivity index (χ2v) is 23.2. The van der Waals surface area contributed by atoms with Crippen molar-refractivity contribution in [2.75, 3.05) is 13.2 Å². The van der Waals surface area contributed by atoms with E-state index in [1.54, 1.807) is 0 Å². The van der Waals surface area contributed by atoms with Gasteiger partial charge in [-0.25, -0.2) is 0 Å². The lowest BCUT2D eigenvalue weighted by molar-refractivity contribution is -0.226. The highest BCUT2D eigenvalue weighted by Gasteiger charge is 2.73. The van der Waals surface area contributed by atoms with E-state index in [1.807, 2.05) is 20.0 Å². The molecule has 1 aromatic carbocycles. The number of H-pyrrole nitrogens is 1. The number of carbonyl (C=O) groups is 2. The maximum Gasteiger partial charge on any atom is 0.160 e. The molecule has 0 spiro atoms. The Morgan fingerprint density at radius 2 is 1.69 bits per heavy atom. The monoisotopic (exact) mass is 847 g/mol. The minimum Gasteiger partial charge on any atom is -0.392 e. The van der Waals surface area contributed by atoms with Crippen molar-refractivity contribution in [3.63, 3.8) is 0 Å². The largest absolute Gasteiger partial charge is 0.392 e. The molecule has 3 aromatic rings. The molecule has 11 atom stereocenters. The van der Waals surface area contributed by atoms with Gasteiger partial charge in [-0.05, 0) is 146 Å². The summed E-state index contributed by atoms with van der Waals surface area (Å²) in [4.78, 5) is 32.8. The molecule has 8 nitrogen and oxygen atoms in total. The summed E-state index contributed by atoms with van der Waals surface area (Å²) < 4.78 is 14.0. The molecule has 336 valence electrons. The number of aromatic nitrogens is 2. The van der Waals surface area contributed by atoms with E-state index in [0.717, 1.165) is 86.8 Å². The van der Waals surface area contributed by atoms with Gasteiger partial charge in [-0.15, -0.1) is 0 Å². The van der Waals surface area contributed by atoms with E-state index in [4.69, 9.17) is 9.47 Å². The fraction of sp³-hybridized carbons (Fsp3) is 0.704. The summed E-state index contributed by atoms with van der Waals surface area (Å²) >= 11 is 0.